The minimum Gasteiger partial charge on any atom is -0.488 e. The number of carbonyl (C=O) groups is 2. The smallest absolute Gasteiger partial charge is 0.274 e. The van der Waals surface area contributed by atoms with Crippen LogP contribution in [0.3, 0.4) is 0 Å². The van der Waals surface area contributed by atoms with Gasteiger partial charge < -0.3 is 24.4 Å². The predicted octanol–water partition coefficient (Wildman–Crippen LogP) is 3.07. The number of anilines is 1. The Labute approximate surface area is 200 Å². The molecule has 5 rings (SSSR count). The lowest BCUT2D eigenvalue weighted by Crippen LogP contribution is -2.42. The van der Waals surface area contributed by atoms with Crippen molar-refractivity contribution in [1.82, 2.24) is 19.9 Å². The minimum absolute atomic E-state index is 0.147. The second kappa shape index (κ2) is 10.0. The predicted molar refractivity (Wildman–Crippen MR) is 121 cm³/mol. The minimum atomic E-state index is -0.508. The molecule has 2 aromatic heterocycles. The normalized spacial score (nSPS) is 16.9. The van der Waals surface area contributed by atoms with Crippen molar-refractivity contribution < 1.29 is 28.2 Å². The van der Waals surface area contributed by atoms with Gasteiger partial charge in [0.05, 0.1) is 31.8 Å². The zero-order valence-electron chi connectivity index (χ0n) is 18.6. The molecule has 2 saturated heterocycles. The zero-order valence-corrected chi connectivity index (χ0v) is 18.6. The number of ether oxygens (including phenoxy) is 3. The Kier molecular flexibility index (Phi) is 6.49. The van der Waals surface area contributed by atoms with Gasteiger partial charge in [-0.05, 0) is 30.7 Å². The van der Waals surface area contributed by atoms with E-state index in [0.29, 0.717) is 19.0 Å². The summed E-state index contributed by atoms with van der Waals surface area (Å²) in [5, 5.41) is 2.62. The van der Waals surface area contributed by atoms with Crippen LogP contribution in [-0.4, -0.2) is 64.1 Å². The molecule has 0 bridgehead atoms. The molecule has 10 nitrogen and oxygen atoms in total. The lowest BCUT2D eigenvalue weighted by Gasteiger charge is -2.30. The van der Waals surface area contributed by atoms with Crippen LogP contribution in [0.4, 0.5) is 10.2 Å². The first kappa shape index (κ1) is 22.7. The van der Waals surface area contributed by atoms with Gasteiger partial charge in [0.15, 0.2) is 0 Å². The standard InChI is InChI=1S/C24H22FN5O5/c25-16-2-3-21(27-11-16)29-23(31)15-8-18(34-17-4-7-33-14-17)10-19(9-15)35-22-13-26-20(12-28-22)24(32)30-5-1-6-30/h2-3,8-13,17H,1,4-7,14H2,(H,27,29,31)/t17-/m0/s1. The zero-order chi connectivity index (χ0) is 24.2. The molecule has 0 saturated carbocycles. The van der Waals surface area contributed by atoms with E-state index in [9.17, 15) is 14.0 Å². The molecule has 0 spiro atoms. The third-order valence-corrected chi connectivity index (χ3v) is 5.51. The number of carbonyl (C=O) groups excluding carboxylic acids is 2. The molecule has 2 fully saturated rings. The fraction of sp³-hybridized carbons (Fsp3) is 0.292. The van der Waals surface area contributed by atoms with E-state index in [1.54, 1.807) is 17.0 Å². The second-order valence-electron chi connectivity index (χ2n) is 8.10. The van der Waals surface area contributed by atoms with Gasteiger partial charge in [-0.3, -0.25) is 9.59 Å². The van der Waals surface area contributed by atoms with Crippen molar-refractivity contribution in [2.75, 3.05) is 31.6 Å². The summed E-state index contributed by atoms with van der Waals surface area (Å²) in [6, 6.07) is 7.28. The van der Waals surface area contributed by atoms with Crippen LogP contribution < -0.4 is 14.8 Å². The number of pyridine rings is 1. The van der Waals surface area contributed by atoms with Crippen molar-refractivity contribution in [2.45, 2.75) is 18.9 Å². The number of hydrogen-bond acceptors (Lipinski definition) is 8. The molecule has 35 heavy (non-hydrogen) atoms. The molecule has 11 heteroatoms. The molecular weight excluding hydrogens is 457 g/mol. The van der Waals surface area contributed by atoms with Crippen molar-refractivity contribution >= 4 is 17.6 Å². The number of aromatic nitrogens is 3. The highest BCUT2D eigenvalue weighted by Crippen LogP contribution is 2.29. The van der Waals surface area contributed by atoms with Gasteiger partial charge in [-0.1, -0.05) is 0 Å². The molecule has 2 aliphatic heterocycles. The second-order valence-corrected chi connectivity index (χ2v) is 8.10. The van der Waals surface area contributed by atoms with Crippen molar-refractivity contribution in [3.05, 3.63) is 66.0 Å². The fourth-order valence-electron chi connectivity index (χ4n) is 3.55. The Morgan fingerprint density at radius 1 is 1.06 bits per heavy atom. The van der Waals surface area contributed by atoms with E-state index in [1.165, 1.54) is 30.6 Å². The number of amides is 2. The Bertz CT molecular complexity index is 1210. The summed E-state index contributed by atoms with van der Waals surface area (Å²) in [5.41, 5.74) is 0.474. The lowest BCUT2D eigenvalue weighted by atomic mass is 10.1. The van der Waals surface area contributed by atoms with Gasteiger partial charge in [-0.15, -0.1) is 0 Å². The van der Waals surface area contributed by atoms with Gasteiger partial charge in [0.2, 0.25) is 5.88 Å². The van der Waals surface area contributed by atoms with Crippen LogP contribution in [0.5, 0.6) is 17.4 Å². The summed E-state index contributed by atoms with van der Waals surface area (Å²) >= 11 is 0. The maximum Gasteiger partial charge on any atom is 0.274 e. The lowest BCUT2D eigenvalue weighted by molar-refractivity contribution is 0.0645. The Balaban J connectivity index is 1.35. The van der Waals surface area contributed by atoms with E-state index >= 15 is 0 Å². The molecule has 0 unspecified atom stereocenters. The van der Waals surface area contributed by atoms with Crippen LogP contribution in [0.1, 0.15) is 33.7 Å². The van der Waals surface area contributed by atoms with Crippen molar-refractivity contribution in [1.29, 1.82) is 0 Å². The number of halogens is 1. The first-order valence-electron chi connectivity index (χ1n) is 11.1. The summed E-state index contributed by atoms with van der Waals surface area (Å²) in [4.78, 5) is 39.0. The van der Waals surface area contributed by atoms with Gasteiger partial charge in [-0.25, -0.2) is 19.3 Å². The fourth-order valence-corrected chi connectivity index (χ4v) is 3.55. The number of rotatable bonds is 7. The van der Waals surface area contributed by atoms with Crippen LogP contribution in [0, 0.1) is 5.82 Å². The monoisotopic (exact) mass is 479 g/mol. The molecule has 0 radical (unpaired) electrons. The quantitative estimate of drug-likeness (QED) is 0.550. The Hall–Kier alpha value is -4.12. The van der Waals surface area contributed by atoms with Crippen LogP contribution in [0.2, 0.25) is 0 Å². The third kappa shape index (κ3) is 5.52. The highest BCUT2D eigenvalue weighted by molar-refractivity contribution is 6.04. The van der Waals surface area contributed by atoms with Crippen molar-refractivity contribution in [2.24, 2.45) is 0 Å². The van der Waals surface area contributed by atoms with E-state index in [-0.39, 0.29) is 40.7 Å². The summed E-state index contributed by atoms with van der Waals surface area (Å²) in [5.74, 6) is -0.114. The summed E-state index contributed by atoms with van der Waals surface area (Å²) in [6.45, 7) is 2.48. The van der Waals surface area contributed by atoms with Gasteiger partial charge in [0.1, 0.15) is 34.9 Å². The van der Waals surface area contributed by atoms with Crippen LogP contribution >= 0.6 is 0 Å². The molecule has 4 heterocycles. The van der Waals surface area contributed by atoms with Gasteiger partial charge in [0.25, 0.3) is 11.8 Å². The SMILES string of the molecule is O=C(Nc1ccc(F)cn1)c1cc(Oc2cnc(C(=O)N3CCC3)cn2)cc(O[C@H]2CCOC2)c1. The first-order chi connectivity index (χ1) is 17.0. The molecule has 180 valence electrons. The average molecular weight is 479 g/mol. The molecule has 1 atom stereocenters. The van der Waals surface area contributed by atoms with Gasteiger partial charge >= 0.3 is 0 Å². The molecular formula is C24H22FN5O5. The van der Waals surface area contributed by atoms with Gasteiger partial charge in [-0.2, -0.15) is 0 Å². The number of hydrogen-bond donors (Lipinski definition) is 1. The van der Waals surface area contributed by atoms with Gasteiger partial charge in [0, 0.05) is 31.1 Å². The first-order valence-corrected chi connectivity index (χ1v) is 11.1. The Morgan fingerprint density at radius 2 is 1.91 bits per heavy atom. The van der Waals surface area contributed by atoms with Crippen LogP contribution in [0.15, 0.2) is 48.9 Å². The highest BCUT2D eigenvalue weighted by atomic mass is 19.1. The Morgan fingerprint density at radius 3 is 2.57 bits per heavy atom. The summed E-state index contributed by atoms with van der Waals surface area (Å²) in [6.07, 6.45) is 5.29. The number of nitrogens with one attached hydrogen (secondary N) is 1. The molecule has 0 aliphatic carbocycles. The molecule has 2 aliphatic rings. The molecule has 1 aromatic carbocycles. The number of likely N-dealkylation sites (tertiary alicyclic amines) is 1. The van der Waals surface area contributed by atoms with Crippen LogP contribution in [0.25, 0.3) is 0 Å². The number of nitrogens with zero attached hydrogens (tertiary/aromatic N) is 4. The molecule has 3 aromatic rings. The van der Waals surface area contributed by atoms with E-state index in [1.807, 2.05) is 0 Å². The van der Waals surface area contributed by atoms with E-state index in [4.69, 9.17) is 14.2 Å². The summed E-state index contributed by atoms with van der Waals surface area (Å²) in [7, 11) is 0. The maximum atomic E-state index is 13.1. The topological polar surface area (TPSA) is 116 Å². The maximum absolute atomic E-state index is 13.1. The molecule has 1 N–H and O–H groups in total. The van der Waals surface area contributed by atoms with E-state index in [0.717, 1.165) is 32.1 Å². The van der Waals surface area contributed by atoms with E-state index < -0.39 is 11.7 Å². The number of benzene rings is 1. The summed E-state index contributed by atoms with van der Waals surface area (Å²) < 4.78 is 30.3. The third-order valence-electron chi connectivity index (χ3n) is 5.51. The molecule has 2 amide bonds. The van der Waals surface area contributed by atoms with Crippen molar-refractivity contribution in [3.63, 3.8) is 0 Å². The van der Waals surface area contributed by atoms with Crippen molar-refractivity contribution in [3.8, 4) is 17.4 Å². The largest absolute Gasteiger partial charge is 0.488 e. The van der Waals surface area contributed by atoms with E-state index in [2.05, 4.69) is 20.3 Å². The average Bonchev–Trinajstić information content (AvgIpc) is 3.33. The highest BCUT2D eigenvalue weighted by Gasteiger charge is 2.23. The van der Waals surface area contributed by atoms with Crippen LogP contribution in [-0.2, 0) is 4.74 Å².